The number of rotatable bonds is 9. The maximum atomic E-state index is 12.5. The van der Waals surface area contributed by atoms with Gasteiger partial charge in [0.2, 0.25) is 5.91 Å². The molecule has 3 rings (SSSR count). The minimum absolute atomic E-state index is 0.135. The molecule has 2 amide bonds. The summed E-state index contributed by atoms with van der Waals surface area (Å²) in [5.74, 6) is 0.326. The number of nitrogens with one attached hydrogen (secondary N) is 2. The van der Waals surface area contributed by atoms with Crippen LogP contribution in [-0.4, -0.2) is 32.3 Å². The summed E-state index contributed by atoms with van der Waals surface area (Å²) in [5, 5.41) is 15.0. The van der Waals surface area contributed by atoms with Gasteiger partial charge in [-0.1, -0.05) is 59.8 Å². The molecule has 0 spiro atoms. The first-order chi connectivity index (χ1) is 15.0. The Balaban J connectivity index is 1.62. The number of allylic oxidation sites excluding steroid dienone is 1. The van der Waals surface area contributed by atoms with Gasteiger partial charge < -0.3 is 15.2 Å². The maximum absolute atomic E-state index is 12.5. The fourth-order valence-electron chi connectivity index (χ4n) is 2.83. The summed E-state index contributed by atoms with van der Waals surface area (Å²) in [6.07, 6.45) is 1.71. The summed E-state index contributed by atoms with van der Waals surface area (Å²) in [4.78, 5) is 24.8. The highest BCUT2D eigenvalue weighted by Crippen LogP contribution is 2.22. The van der Waals surface area contributed by atoms with Crippen LogP contribution in [-0.2, 0) is 17.9 Å². The van der Waals surface area contributed by atoms with Gasteiger partial charge in [-0.15, -0.1) is 16.8 Å². The largest absolute Gasteiger partial charge is 0.345 e. The molecule has 0 saturated carbocycles. The lowest BCUT2D eigenvalue weighted by atomic mass is 10.1. The average molecular weight is 456 g/mol. The van der Waals surface area contributed by atoms with E-state index in [1.807, 2.05) is 29.7 Å². The summed E-state index contributed by atoms with van der Waals surface area (Å²) in [6, 6.07) is 14.4. The summed E-state index contributed by atoms with van der Waals surface area (Å²) in [5.41, 5.74) is 2.07. The van der Waals surface area contributed by atoms with E-state index in [0.29, 0.717) is 33.8 Å². The molecule has 9 heteroatoms. The van der Waals surface area contributed by atoms with E-state index in [9.17, 15) is 9.59 Å². The predicted octanol–water partition coefficient (Wildman–Crippen LogP) is 4.09. The molecule has 7 nitrogen and oxygen atoms in total. The minimum atomic E-state index is -0.208. The zero-order valence-corrected chi connectivity index (χ0v) is 18.5. The van der Waals surface area contributed by atoms with Gasteiger partial charge in [-0.3, -0.25) is 9.59 Å². The van der Waals surface area contributed by atoms with Crippen LogP contribution in [0.4, 0.5) is 5.69 Å². The summed E-state index contributed by atoms with van der Waals surface area (Å²) in [7, 11) is 0. The van der Waals surface area contributed by atoms with Crippen molar-refractivity contribution in [3.8, 4) is 0 Å². The van der Waals surface area contributed by atoms with Gasteiger partial charge in [0.25, 0.3) is 5.91 Å². The topological polar surface area (TPSA) is 88.9 Å². The number of thioether (sulfide) groups is 1. The van der Waals surface area contributed by atoms with Crippen molar-refractivity contribution in [1.29, 1.82) is 0 Å². The molecular formula is C22H22ClN5O2S. The van der Waals surface area contributed by atoms with Gasteiger partial charge in [0.1, 0.15) is 0 Å². The Kier molecular flexibility index (Phi) is 7.86. The third-order valence-electron chi connectivity index (χ3n) is 4.38. The van der Waals surface area contributed by atoms with Crippen LogP contribution in [0.2, 0.25) is 5.02 Å². The number of carbonyl (C=O) groups is 2. The molecule has 0 fully saturated rings. The van der Waals surface area contributed by atoms with Crippen molar-refractivity contribution in [2.45, 2.75) is 25.2 Å². The molecule has 3 aromatic rings. The van der Waals surface area contributed by atoms with Gasteiger partial charge in [0.15, 0.2) is 11.0 Å². The van der Waals surface area contributed by atoms with E-state index in [1.165, 1.54) is 11.8 Å². The van der Waals surface area contributed by atoms with Crippen LogP contribution in [0, 0.1) is 6.92 Å². The lowest BCUT2D eigenvalue weighted by Crippen LogP contribution is -2.25. The number of nitrogens with zero attached hydrogens (tertiary/aromatic N) is 3. The fraction of sp³-hybridized carbons (Fsp3) is 0.182. The van der Waals surface area contributed by atoms with Crippen molar-refractivity contribution in [3.63, 3.8) is 0 Å². The van der Waals surface area contributed by atoms with Crippen LogP contribution >= 0.6 is 23.4 Å². The SMILES string of the molecule is C=CCn1c(CNC(=O)c2ccccc2C)nnc1SCC(=O)Nc1ccccc1Cl. The van der Waals surface area contributed by atoms with Gasteiger partial charge in [0.05, 0.1) is 23.0 Å². The van der Waals surface area contributed by atoms with Crippen LogP contribution in [0.5, 0.6) is 0 Å². The lowest BCUT2D eigenvalue weighted by Gasteiger charge is -2.10. The first-order valence-corrected chi connectivity index (χ1v) is 10.9. The molecule has 0 aliphatic rings. The first-order valence-electron chi connectivity index (χ1n) is 9.53. The third kappa shape index (κ3) is 5.96. The summed E-state index contributed by atoms with van der Waals surface area (Å²) < 4.78 is 1.82. The minimum Gasteiger partial charge on any atom is -0.345 e. The molecule has 1 heterocycles. The number of anilines is 1. The van der Waals surface area contributed by atoms with Crippen molar-refractivity contribution < 1.29 is 9.59 Å². The molecule has 0 bridgehead atoms. The van der Waals surface area contributed by atoms with Gasteiger partial charge in [-0.25, -0.2) is 0 Å². The second kappa shape index (κ2) is 10.8. The normalized spacial score (nSPS) is 10.5. The second-order valence-corrected chi connectivity index (χ2v) is 7.96. The second-order valence-electron chi connectivity index (χ2n) is 6.61. The van der Waals surface area contributed by atoms with Gasteiger partial charge in [-0.2, -0.15) is 0 Å². The highest BCUT2D eigenvalue weighted by Gasteiger charge is 2.16. The number of hydrogen-bond acceptors (Lipinski definition) is 5. The van der Waals surface area contributed by atoms with E-state index in [1.54, 1.807) is 36.4 Å². The number of hydrogen-bond donors (Lipinski definition) is 2. The van der Waals surface area contributed by atoms with Crippen LogP contribution in [0.3, 0.4) is 0 Å². The van der Waals surface area contributed by atoms with Gasteiger partial charge in [0, 0.05) is 12.1 Å². The molecule has 0 unspecified atom stereocenters. The van der Waals surface area contributed by atoms with E-state index in [2.05, 4.69) is 27.4 Å². The van der Waals surface area contributed by atoms with E-state index >= 15 is 0 Å². The van der Waals surface area contributed by atoms with Gasteiger partial charge in [-0.05, 0) is 30.7 Å². The molecular weight excluding hydrogens is 434 g/mol. The van der Waals surface area contributed by atoms with Crippen molar-refractivity contribution in [1.82, 2.24) is 20.1 Å². The molecule has 160 valence electrons. The number of carbonyl (C=O) groups excluding carboxylic acids is 2. The third-order valence-corrected chi connectivity index (χ3v) is 5.68. The number of benzene rings is 2. The van der Waals surface area contributed by atoms with Crippen LogP contribution < -0.4 is 10.6 Å². The number of amides is 2. The van der Waals surface area contributed by atoms with E-state index in [4.69, 9.17) is 11.6 Å². The molecule has 2 N–H and O–H groups in total. The smallest absolute Gasteiger partial charge is 0.251 e. The number of aromatic nitrogens is 3. The maximum Gasteiger partial charge on any atom is 0.251 e. The highest BCUT2D eigenvalue weighted by atomic mass is 35.5. The Bertz CT molecular complexity index is 1100. The monoisotopic (exact) mass is 455 g/mol. The lowest BCUT2D eigenvalue weighted by molar-refractivity contribution is -0.113. The number of halogens is 1. The Morgan fingerprint density at radius 2 is 1.90 bits per heavy atom. The van der Waals surface area contributed by atoms with Crippen molar-refractivity contribution in [2.75, 3.05) is 11.1 Å². The first kappa shape index (κ1) is 22.6. The van der Waals surface area contributed by atoms with Crippen LogP contribution in [0.15, 0.2) is 66.3 Å². The highest BCUT2D eigenvalue weighted by molar-refractivity contribution is 7.99. The summed E-state index contributed by atoms with van der Waals surface area (Å²) >= 11 is 7.32. The Morgan fingerprint density at radius 3 is 2.65 bits per heavy atom. The molecule has 0 radical (unpaired) electrons. The zero-order valence-electron chi connectivity index (χ0n) is 17.0. The molecule has 0 aliphatic heterocycles. The standard InChI is InChI=1S/C22H22ClN5O2S/c1-3-12-28-19(13-24-21(30)16-9-5-4-8-15(16)2)26-27-22(28)31-14-20(29)25-18-11-7-6-10-17(18)23/h3-11H,1,12-14H2,2H3,(H,24,30)(H,25,29). The molecule has 0 saturated heterocycles. The predicted molar refractivity (Wildman–Crippen MR) is 123 cm³/mol. The van der Waals surface area contributed by atoms with Crippen molar-refractivity contribution in [3.05, 3.63) is 83.2 Å². The van der Waals surface area contributed by atoms with Crippen molar-refractivity contribution in [2.24, 2.45) is 0 Å². The quantitative estimate of drug-likeness (QED) is 0.375. The molecule has 0 aliphatic carbocycles. The van der Waals surface area contributed by atoms with E-state index in [-0.39, 0.29) is 24.1 Å². The van der Waals surface area contributed by atoms with Crippen molar-refractivity contribution >= 4 is 40.9 Å². The van der Waals surface area contributed by atoms with Gasteiger partial charge >= 0.3 is 0 Å². The number of aryl methyl sites for hydroxylation is 1. The van der Waals surface area contributed by atoms with Crippen LogP contribution in [0.25, 0.3) is 0 Å². The summed E-state index contributed by atoms with van der Waals surface area (Å²) in [6.45, 7) is 6.32. The van der Waals surface area contributed by atoms with E-state index < -0.39 is 0 Å². The number of para-hydroxylation sites is 1. The molecule has 2 aromatic carbocycles. The Labute approximate surface area is 189 Å². The average Bonchev–Trinajstić information content (AvgIpc) is 3.14. The zero-order chi connectivity index (χ0) is 22.2. The molecule has 31 heavy (non-hydrogen) atoms. The molecule has 1 aromatic heterocycles. The fourth-order valence-corrected chi connectivity index (χ4v) is 3.78. The Hall–Kier alpha value is -3.10. The Morgan fingerprint density at radius 1 is 1.16 bits per heavy atom. The molecule has 0 atom stereocenters. The van der Waals surface area contributed by atoms with E-state index in [0.717, 1.165) is 5.56 Å². The van der Waals surface area contributed by atoms with Crippen LogP contribution in [0.1, 0.15) is 21.7 Å².